The molecule has 0 aliphatic rings. The molecule has 0 spiro atoms. The van der Waals surface area contributed by atoms with Gasteiger partial charge in [0.15, 0.2) is 8.32 Å². The molecule has 2 atom stereocenters. The standard InChI is InChI=1S/C29H38N4OSi/c1-29(2,3)35(4,5)34-23-27(28(31-32-30)26-19-13-8-14-20-26)33(21-24-15-9-6-10-16-24)22-25-17-11-7-12-18-25/h6-20,27-28H,21-23H2,1-5H3/t27-,28-/m0/s1. The average Bonchev–Trinajstić information content (AvgIpc) is 2.84. The monoisotopic (exact) mass is 486 g/mol. The van der Waals surface area contributed by atoms with Crippen LogP contribution in [-0.4, -0.2) is 25.9 Å². The van der Waals surface area contributed by atoms with Gasteiger partial charge in [0, 0.05) is 24.0 Å². The highest BCUT2D eigenvalue weighted by molar-refractivity contribution is 6.74. The van der Waals surface area contributed by atoms with E-state index >= 15 is 0 Å². The predicted octanol–water partition coefficient (Wildman–Crippen LogP) is 8.13. The van der Waals surface area contributed by atoms with Crippen LogP contribution in [0.1, 0.15) is 43.5 Å². The summed E-state index contributed by atoms with van der Waals surface area (Å²) in [5.41, 5.74) is 13.0. The second kappa shape index (κ2) is 12.2. The molecule has 35 heavy (non-hydrogen) atoms. The van der Waals surface area contributed by atoms with Gasteiger partial charge in [0.05, 0.1) is 12.6 Å². The van der Waals surface area contributed by atoms with E-state index in [-0.39, 0.29) is 17.1 Å². The largest absolute Gasteiger partial charge is 0.415 e. The van der Waals surface area contributed by atoms with Crippen molar-refractivity contribution in [3.05, 3.63) is 118 Å². The fourth-order valence-electron chi connectivity index (χ4n) is 3.90. The Morgan fingerprint density at radius 2 is 1.29 bits per heavy atom. The summed E-state index contributed by atoms with van der Waals surface area (Å²) in [5.74, 6) is 0. The van der Waals surface area contributed by atoms with Gasteiger partial charge in [0.25, 0.3) is 0 Å². The maximum Gasteiger partial charge on any atom is 0.192 e. The van der Waals surface area contributed by atoms with E-state index in [1.54, 1.807) is 0 Å². The Kier molecular flexibility index (Phi) is 9.30. The SMILES string of the molecule is CC(C)(C)[Si](C)(C)OC[C@@H]([C@@H](N=[N+]=[N-])c1ccccc1)N(Cc1ccccc1)Cc1ccccc1. The van der Waals surface area contributed by atoms with Crippen LogP contribution in [-0.2, 0) is 17.5 Å². The number of hydrogen-bond donors (Lipinski definition) is 0. The van der Waals surface area contributed by atoms with E-state index in [9.17, 15) is 5.53 Å². The van der Waals surface area contributed by atoms with Gasteiger partial charge < -0.3 is 4.43 Å². The Morgan fingerprint density at radius 3 is 1.71 bits per heavy atom. The lowest BCUT2D eigenvalue weighted by molar-refractivity contribution is 0.0948. The summed E-state index contributed by atoms with van der Waals surface area (Å²) in [6, 6.07) is 30.5. The lowest BCUT2D eigenvalue weighted by Crippen LogP contribution is -2.47. The van der Waals surface area contributed by atoms with Crippen LogP contribution in [0, 0.1) is 0 Å². The molecule has 3 rings (SSSR count). The van der Waals surface area contributed by atoms with Crippen molar-refractivity contribution in [3.63, 3.8) is 0 Å². The summed E-state index contributed by atoms with van der Waals surface area (Å²) < 4.78 is 6.78. The van der Waals surface area contributed by atoms with Crippen LogP contribution < -0.4 is 0 Å². The molecule has 0 aliphatic carbocycles. The zero-order chi connectivity index (χ0) is 25.3. The molecule has 0 aliphatic heterocycles. The molecule has 5 nitrogen and oxygen atoms in total. The zero-order valence-corrected chi connectivity index (χ0v) is 22.6. The molecule has 184 valence electrons. The predicted molar refractivity (Wildman–Crippen MR) is 147 cm³/mol. The quantitative estimate of drug-likeness (QED) is 0.119. The molecule has 0 N–H and O–H groups in total. The van der Waals surface area contributed by atoms with Gasteiger partial charge in [-0.2, -0.15) is 0 Å². The van der Waals surface area contributed by atoms with Crippen molar-refractivity contribution in [2.75, 3.05) is 6.61 Å². The number of benzene rings is 3. The van der Waals surface area contributed by atoms with Crippen molar-refractivity contribution < 1.29 is 4.43 Å². The fourth-order valence-corrected chi connectivity index (χ4v) is 4.92. The third kappa shape index (κ3) is 7.54. The van der Waals surface area contributed by atoms with Gasteiger partial charge in [-0.15, -0.1) is 0 Å². The normalized spacial score (nSPS) is 13.8. The Hall–Kier alpha value is -2.89. The highest BCUT2D eigenvalue weighted by Gasteiger charge is 2.39. The van der Waals surface area contributed by atoms with Crippen LogP contribution in [0.25, 0.3) is 10.4 Å². The molecular weight excluding hydrogens is 448 g/mol. The molecule has 0 radical (unpaired) electrons. The third-order valence-corrected chi connectivity index (χ3v) is 11.5. The minimum Gasteiger partial charge on any atom is -0.415 e. The minimum absolute atomic E-state index is 0.0853. The average molecular weight is 487 g/mol. The van der Waals surface area contributed by atoms with Crippen molar-refractivity contribution in [3.8, 4) is 0 Å². The van der Waals surface area contributed by atoms with Crippen LogP contribution in [0.5, 0.6) is 0 Å². The number of azide groups is 1. The van der Waals surface area contributed by atoms with Crippen molar-refractivity contribution >= 4 is 8.32 Å². The molecule has 0 fully saturated rings. The molecule has 0 heterocycles. The first-order valence-electron chi connectivity index (χ1n) is 12.3. The van der Waals surface area contributed by atoms with Gasteiger partial charge in [0.1, 0.15) is 0 Å². The fraction of sp³-hybridized carbons (Fsp3) is 0.379. The smallest absolute Gasteiger partial charge is 0.192 e. The maximum atomic E-state index is 9.57. The zero-order valence-electron chi connectivity index (χ0n) is 21.6. The minimum atomic E-state index is -2.03. The Morgan fingerprint density at radius 1 is 0.829 bits per heavy atom. The van der Waals surface area contributed by atoms with E-state index in [2.05, 4.69) is 97.3 Å². The third-order valence-electron chi connectivity index (χ3n) is 7.03. The molecule has 0 saturated heterocycles. The lowest BCUT2D eigenvalue weighted by Gasteiger charge is -2.41. The van der Waals surface area contributed by atoms with E-state index in [1.165, 1.54) is 11.1 Å². The van der Waals surface area contributed by atoms with Crippen molar-refractivity contribution in [1.29, 1.82) is 0 Å². The maximum absolute atomic E-state index is 9.57. The molecule has 3 aromatic rings. The van der Waals surface area contributed by atoms with E-state index < -0.39 is 8.32 Å². The van der Waals surface area contributed by atoms with Crippen molar-refractivity contribution in [2.45, 2.75) is 64.1 Å². The first-order valence-corrected chi connectivity index (χ1v) is 15.2. The molecule has 0 aromatic heterocycles. The van der Waals surface area contributed by atoms with Gasteiger partial charge in [0.2, 0.25) is 0 Å². The number of hydrogen-bond acceptors (Lipinski definition) is 3. The molecule has 3 aromatic carbocycles. The first-order chi connectivity index (χ1) is 16.7. The topological polar surface area (TPSA) is 61.2 Å². The summed E-state index contributed by atoms with van der Waals surface area (Å²) in [5, 5.41) is 4.42. The van der Waals surface area contributed by atoms with Crippen LogP contribution in [0.3, 0.4) is 0 Å². The molecule has 6 heteroatoms. The summed E-state index contributed by atoms with van der Waals surface area (Å²) in [7, 11) is -2.03. The van der Waals surface area contributed by atoms with Crippen molar-refractivity contribution in [2.24, 2.45) is 5.11 Å². The second-order valence-electron chi connectivity index (χ2n) is 10.6. The van der Waals surface area contributed by atoms with Gasteiger partial charge in [-0.1, -0.05) is 117 Å². The Bertz CT molecular complexity index is 1040. The molecule has 0 amide bonds. The molecular formula is C29H38N4OSi. The first kappa shape index (κ1) is 26.7. The van der Waals surface area contributed by atoms with Crippen LogP contribution in [0.4, 0.5) is 0 Å². The highest BCUT2D eigenvalue weighted by Crippen LogP contribution is 2.38. The van der Waals surface area contributed by atoms with Gasteiger partial charge in [-0.05, 0) is 40.4 Å². The Balaban J connectivity index is 2.05. The second-order valence-corrected chi connectivity index (χ2v) is 15.4. The van der Waals surface area contributed by atoms with E-state index in [4.69, 9.17) is 4.43 Å². The van der Waals surface area contributed by atoms with Gasteiger partial charge in [-0.25, -0.2) is 0 Å². The van der Waals surface area contributed by atoms with Gasteiger partial charge >= 0.3 is 0 Å². The van der Waals surface area contributed by atoms with E-state index in [1.807, 2.05) is 42.5 Å². The lowest BCUT2D eigenvalue weighted by atomic mass is 9.98. The highest BCUT2D eigenvalue weighted by atomic mass is 28.4. The Labute approximate surface area is 211 Å². The van der Waals surface area contributed by atoms with Crippen LogP contribution >= 0.6 is 0 Å². The molecule has 0 bridgehead atoms. The van der Waals surface area contributed by atoms with Gasteiger partial charge in [-0.3, -0.25) is 4.90 Å². The summed E-state index contributed by atoms with van der Waals surface area (Å²) >= 11 is 0. The van der Waals surface area contributed by atoms with E-state index in [0.29, 0.717) is 6.61 Å². The summed E-state index contributed by atoms with van der Waals surface area (Å²) in [6.45, 7) is 13.2. The van der Waals surface area contributed by atoms with Crippen LogP contribution in [0.2, 0.25) is 18.1 Å². The number of nitrogens with zero attached hydrogens (tertiary/aromatic N) is 4. The van der Waals surface area contributed by atoms with Crippen molar-refractivity contribution in [1.82, 2.24) is 4.90 Å². The number of rotatable bonds is 11. The molecule has 0 unspecified atom stereocenters. The molecule has 0 saturated carbocycles. The van der Waals surface area contributed by atoms with Crippen LogP contribution in [0.15, 0.2) is 96.1 Å². The van der Waals surface area contributed by atoms with E-state index in [0.717, 1.165) is 18.7 Å². The summed E-state index contributed by atoms with van der Waals surface area (Å²) in [6.07, 6.45) is 0. The summed E-state index contributed by atoms with van der Waals surface area (Å²) in [4.78, 5) is 5.68.